The van der Waals surface area contributed by atoms with E-state index in [0.717, 1.165) is 43.5 Å². The van der Waals surface area contributed by atoms with Gasteiger partial charge in [0.15, 0.2) is 5.96 Å². The van der Waals surface area contributed by atoms with Crippen LogP contribution in [-0.4, -0.2) is 53.8 Å². The van der Waals surface area contributed by atoms with Crippen molar-refractivity contribution in [3.05, 3.63) is 41.4 Å². The lowest BCUT2D eigenvalue weighted by molar-refractivity contribution is 0.205. The number of guanidine groups is 1. The van der Waals surface area contributed by atoms with Crippen molar-refractivity contribution in [1.82, 2.24) is 20.4 Å². The molecule has 7 heteroatoms. The third kappa shape index (κ3) is 4.15. The molecule has 0 bridgehead atoms. The minimum atomic E-state index is 0.128. The van der Waals surface area contributed by atoms with Gasteiger partial charge in [0.25, 0.3) is 0 Å². The second-order valence-electron chi connectivity index (χ2n) is 6.71. The zero-order chi connectivity index (χ0) is 18.5. The first-order chi connectivity index (χ1) is 12.6. The van der Waals surface area contributed by atoms with Gasteiger partial charge in [-0.1, -0.05) is 18.1 Å². The van der Waals surface area contributed by atoms with Crippen LogP contribution in [0.3, 0.4) is 0 Å². The highest BCUT2D eigenvalue weighted by Gasteiger charge is 2.27. The largest absolute Gasteiger partial charge is 0.472 e. The Kier molecular flexibility index (Phi) is 5.75. The van der Waals surface area contributed by atoms with Crippen molar-refractivity contribution < 1.29 is 9.26 Å². The first-order valence-corrected chi connectivity index (χ1v) is 9.04. The van der Waals surface area contributed by atoms with Crippen LogP contribution >= 0.6 is 0 Å². The summed E-state index contributed by atoms with van der Waals surface area (Å²) in [4.78, 5) is 10.9. The Morgan fingerprint density at radius 3 is 2.96 bits per heavy atom. The smallest absolute Gasteiger partial charge is 0.213 e. The van der Waals surface area contributed by atoms with Gasteiger partial charge in [-0.15, -0.1) is 0 Å². The molecule has 1 saturated heterocycles. The highest BCUT2D eigenvalue weighted by atomic mass is 16.5. The van der Waals surface area contributed by atoms with Gasteiger partial charge >= 0.3 is 0 Å². The zero-order valence-corrected chi connectivity index (χ0v) is 15.9. The number of hydrogen-bond acceptors (Lipinski definition) is 5. The molecule has 0 aliphatic carbocycles. The molecule has 0 aromatic carbocycles. The van der Waals surface area contributed by atoms with Crippen molar-refractivity contribution in [3.8, 4) is 5.88 Å². The van der Waals surface area contributed by atoms with E-state index in [0.29, 0.717) is 11.8 Å². The average molecular weight is 357 g/mol. The van der Waals surface area contributed by atoms with Gasteiger partial charge in [-0.05, 0) is 19.9 Å². The van der Waals surface area contributed by atoms with Gasteiger partial charge in [0.2, 0.25) is 5.88 Å². The minimum absolute atomic E-state index is 0.128. The Morgan fingerprint density at radius 2 is 2.31 bits per heavy atom. The molecule has 1 fully saturated rings. The summed E-state index contributed by atoms with van der Waals surface area (Å²) in [7, 11) is 1.82. The number of pyridine rings is 1. The molecular formula is C19H27N5O2. The van der Waals surface area contributed by atoms with Crippen LogP contribution in [0.25, 0.3) is 0 Å². The molecule has 3 rings (SSSR count). The van der Waals surface area contributed by atoms with E-state index in [9.17, 15) is 0 Å². The van der Waals surface area contributed by atoms with Crippen LogP contribution in [0.15, 0.2) is 33.9 Å². The van der Waals surface area contributed by atoms with Crippen LogP contribution in [0, 0.1) is 13.8 Å². The van der Waals surface area contributed by atoms with E-state index in [1.807, 2.05) is 39.1 Å². The molecule has 26 heavy (non-hydrogen) atoms. The van der Waals surface area contributed by atoms with Gasteiger partial charge < -0.3 is 19.5 Å². The quantitative estimate of drug-likeness (QED) is 0.655. The molecular weight excluding hydrogens is 330 g/mol. The predicted molar refractivity (Wildman–Crippen MR) is 101 cm³/mol. The highest BCUT2D eigenvalue weighted by molar-refractivity contribution is 5.80. The summed E-state index contributed by atoms with van der Waals surface area (Å²) in [5, 5.41) is 7.52. The van der Waals surface area contributed by atoms with Crippen LogP contribution < -0.4 is 10.1 Å². The van der Waals surface area contributed by atoms with Gasteiger partial charge in [0.1, 0.15) is 11.9 Å². The maximum absolute atomic E-state index is 5.96. The van der Waals surface area contributed by atoms with E-state index in [4.69, 9.17) is 9.26 Å². The molecule has 2 aromatic heterocycles. The molecule has 140 valence electrons. The van der Waals surface area contributed by atoms with Crippen LogP contribution in [0.5, 0.6) is 5.88 Å². The molecule has 3 heterocycles. The Bertz CT molecular complexity index is 724. The molecule has 0 spiro atoms. The Hall–Kier alpha value is -2.57. The first-order valence-electron chi connectivity index (χ1n) is 9.04. The average Bonchev–Trinajstić information content (AvgIpc) is 3.23. The lowest BCUT2D eigenvalue weighted by atomic mass is 10.00. The summed E-state index contributed by atoms with van der Waals surface area (Å²) in [6, 6.07) is 5.71. The first kappa shape index (κ1) is 18.2. The van der Waals surface area contributed by atoms with Crippen LogP contribution in [0.4, 0.5) is 0 Å². The number of nitrogens with zero attached hydrogens (tertiary/aromatic N) is 4. The third-order valence-electron chi connectivity index (χ3n) is 4.73. The second-order valence-corrected chi connectivity index (χ2v) is 6.71. The van der Waals surface area contributed by atoms with E-state index in [1.165, 1.54) is 5.56 Å². The van der Waals surface area contributed by atoms with Crippen molar-refractivity contribution in [2.45, 2.75) is 39.2 Å². The molecule has 0 saturated carbocycles. The van der Waals surface area contributed by atoms with Gasteiger partial charge in [0.05, 0.1) is 12.2 Å². The summed E-state index contributed by atoms with van der Waals surface area (Å²) < 4.78 is 11.2. The number of nitrogens with one attached hydrogen (secondary N) is 1. The Balaban J connectivity index is 1.53. The SMILES string of the molecule is CN=C(NCC(C)c1c(C)noc1C)N1CCC(Oc2ccccn2)C1. The summed E-state index contributed by atoms with van der Waals surface area (Å²) in [6.07, 6.45) is 2.83. The zero-order valence-electron chi connectivity index (χ0n) is 15.9. The number of aliphatic imine (C=N–C) groups is 1. The molecule has 7 nitrogen and oxygen atoms in total. The van der Waals surface area contributed by atoms with Crippen LogP contribution in [-0.2, 0) is 0 Å². The molecule has 2 aromatic rings. The lowest BCUT2D eigenvalue weighted by Crippen LogP contribution is -2.42. The van der Waals surface area contributed by atoms with Gasteiger partial charge in [0, 0.05) is 50.3 Å². The fourth-order valence-electron chi connectivity index (χ4n) is 3.48. The maximum atomic E-state index is 5.96. The summed E-state index contributed by atoms with van der Waals surface area (Å²) >= 11 is 0. The molecule has 2 atom stereocenters. The maximum Gasteiger partial charge on any atom is 0.213 e. The van der Waals surface area contributed by atoms with Crippen LogP contribution in [0.1, 0.15) is 36.3 Å². The molecule has 1 N–H and O–H groups in total. The van der Waals surface area contributed by atoms with E-state index in [2.05, 4.69) is 32.3 Å². The van der Waals surface area contributed by atoms with Crippen molar-refractivity contribution in [2.24, 2.45) is 4.99 Å². The predicted octanol–water partition coefficient (Wildman–Crippen LogP) is 2.52. The standard InChI is InChI=1S/C19H27N5O2/c1-13(18-14(2)23-26-15(18)3)11-22-19(20-4)24-10-8-16(12-24)25-17-7-5-6-9-21-17/h5-7,9,13,16H,8,10-12H2,1-4H3,(H,20,22). The Morgan fingerprint density at radius 1 is 1.46 bits per heavy atom. The fourth-order valence-corrected chi connectivity index (χ4v) is 3.48. The molecule has 1 aliphatic rings. The number of aryl methyl sites for hydroxylation is 2. The van der Waals surface area contributed by atoms with Crippen molar-refractivity contribution in [1.29, 1.82) is 0 Å². The molecule has 0 radical (unpaired) electrons. The number of ether oxygens (including phenoxy) is 1. The highest BCUT2D eigenvalue weighted by Crippen LogP contribution is 2.22. The van der Waals surface area contributed by atoms with E-state index in [1.54, 1.807) is 6.20 Å². The summed E-state index contributed by atoms with van der Waals surface area (Å²) in [6.45, 7) is 8.60. The van der Waals surface area contributed by atoms with Crippen LogP contribution in [0.2, 0.25) is 0 Å². The number of aromatic nitrogens is 2. The van der Waals surface area contributed by atoms with E-state index >= 15 is 0 Å². The minimum Gasteiger partial charge on any atom is -0.472 e. The third-order valence-corrected chi connectivity index (χ3v) is 4.73. The van der Waals surface area contributed by atoms with Crippen molar-refractivity contribution >= 4 is 5.96 Å². The molecule has 1 aliphatic heterocycles. The summed E-state index contributed by atoms with van der Waals surface area (Å²) in [5.74, 6) is 2.75. The van der Waals surface area contributed by atoms with Gasteiger partial charge in [-0.3, -0.25) is 4.99 Å². The van der Waals surface area contributed by atoms with Crippen molar-refractivity contribution in [2.75, 3.05) is 26.7 Å². The second kappa shape index (κ2) is 8.21. The van der Waals surface area contributed by atoms with Gasteiger partial charge in [-0.25, -0.2) is 4.98 Å². The van der Waals surface area contributed by atoms with E-state index < -0.39 is 0 Å². The topological polar surface area (TPSA) is 75.8 Å². The number of hydrogen-bond donors (Lipinski definition) is 1. The summed E-state index contributed by atoms with van der Waals surface area (Å²) in [5.41, 5.74) is 2.13. The van der Waals surface area contributed by atoms with Gasteiger partial charge in [-0.2, -0.15) is 0 Å². The number of rotatable bonds is 5. The monoisotopic (exact) mass is 357 g/mol. The normalized spacial score (nSPS) is 18.8. The number of likely N-dealkylation sites (tertiary alicyclic amines) is 1. The molecule has 2 unspecified atom stereocenters. The molecule has 0 amide bonds. The van der Waals surface area contributed by atoms with E-state index in [-0.39, 0.29) is 6.10 Å². The van der Waals surface area contributed by atoms with Crippen molar-refractivity contribution in [3.63, 3.8) is 0 Å². The fraction of sp³-hybridized carbons (Fsp3) is 0.526. The Labute approximate surface area is 154 Å². The lowest BCUT2D eigenvalue weighted by Gasteiger charge is -2.23.